The van der Waals surface area contributed by atoms with Crippen LogP contribution in [0.4, 0.5) is 0 Å². The molecule has 0 N–H and O–H groups in total. The van der Waals surface area contributed by atoms with Crippen LogP contribution in [0.1, 0.15) is 18.9 Å². The lowest BCUT2D eigenvalue weighted by atomic mass is 10.1. The van der Waals surface area contributed by atoms with Crippen LogP contribution >= 0.6 is 0 Å². The fraction of sp³-hybridized carbons (Fsp3) is 0.136. The molecular weight excluding hydrogens is 338 g/mol. The van der Waals surface area contributed by atoms with Crippen molar-refractivity contribution in [3.63, 3.8) is 0 Å². The highest BCUT2D eigenvalue weighted by molar-refractivity contribution is 5.85. The van der Waals surface area contributed by atoms with Gasteiger partial charge in [-0.2, -0.15) is 4.73 Å². The van der Waals surface area contributed by atoms with E-state index in [4.69, 9.17) is 9.82 Å². The molecule has 0 fully saturated rings. The Hall–Kier alpha value is -3.47. The number of rotatable bonds is 4. The molecule has 4 aromatic rings. The van der Waals surface area contributed by atoms with Gasteiger partial charge in [0.2, 0.25) is 0 Å². The SMILES string of the molecule is CCC(=O)On1ccc2ccc(-c3nccc(-c4ccc(C)cc4)n3)cc21. The van der Waals surface area contributed by atoms with Crippen molar-refractivity contribution in [3.05, 3.63) is 72.6 Å². The molecule has 0 aliphatic rings. The minimum atomic E-state index is -0.282. The second kappa shape index (κ2) is 7.03. The van der Waals surface area contributed by atoms with Gasteiger partial charge in [0.15, 0.2) is 5.82 Å². The molecule has 0 radical (unpaired) electrons. The van der Waals surface area contributed by atoms with Crippen molar-refractivity contribution in [1.29, 1.82) is 0 Å². The Morgan fingerprint density at radius 3 is 2.59 bits per heavy atom. The summed E-state index contributed by atoms with van der Waals surface area (Å²) in [5, 5.41) is 0.984. The number of benzene rings is 2. The zero-order chi connectivity index (χ0) is 18.8. The maximum absolute atomic E-state index is 11.6. The normalized spacial score (nSPS) is 10.9. The molecule has 2 heterocycles. The molecule has 0 amide bonds. The second-order valence-electron chi connectivity index (χ2n) is 6.36. The van der Waals surface area contributed by atoms with Crippen LogP contribution in [0, 0.1) is 6.92 Å². The molecule has 0 atom stereocenters. The number of fused-ring (bicyclic) bond motifs is 1. The predicted octanol–water partition coefficient (Wildman–Crippen LogP) is 4.44. The van der Waals surface area contributed by atoms with E-state index in [9.17, 15) is 4.79 Å². The van der Waals surface area contributed by atoms with Crippen molar-refractivity contribution in [3.8, 4) is 22.6 Å². The van der Waals surface area contributed by atoms with Crippen molar-refractivity contribution < 1.29 is 9.63 Å². The number of hydrogen-bond acceptors (Lipinski definition) is 4. The van der Waals surface area contributed by atoms with Gasteiger partial charge >= 0.3 is 5.97 Å². The highest BCUT2D eigenvalue weighted by Crippen LogP contribution is 2.25. The minimum Gasteiger partial charge on any atom is -0.337 e. The molecule has 0 bridgehead atoms. The van der Waals surface area contributed by atoms with Crippen LogP contribution in [0.5, 0.6) is 0 Å². The topological polar surface area (TPSA) is 57.0 Å². The van der Waals surface area contributed by atoms with Gasteiger partial charge in [-0.05, 0) is 25.1 Å². The van der Waals surface area contributed by atoms with E-state index in [0.29, 0.717) is 12.2 Å². The fourth-order valence-electron chi connectivity index (χ4n) is 2.88. The minimum absolute atomic E-state index is 0.282. The average molecular weight is 357 g/mol. The van der Waals surface area contributed by atoms with Crippen LogP contribution in [-0.2, 0) is 4.79 Å². The van der Waals surface area contributed by atoms with Crippen LogP contribution in [-0.4, -0.2) is 20.7 Å². The summed E-state index contributed by atoms with van der Waals surface area (Å²) in [6.07, 6.45) is 3.82. The van der Waals surface area contributed by atoms with Gasteiger partial charge in [-0.15, -0.1) is 0 Å². The maximum atomic E-state index is 11.6. The molecule has 4 rings (SSSR count). The summed E-state index contributed by atoms with van der Waals surface area (Å²) in [5.41, 5.74) is 4.79. The number of carbonyl (C=O) groups excluding carboxylic acids is 1. The first-order valence-corrected chi connectivity index (χ1v) is 8.87. The summed E-state index contributed by atoms with van der Waals surface area (Å²) < 4.78 is 1.49. The van der Waals surface area contributed by atoms with E-state index in [-0.39, 0.29) is 5.97 Å². The summed E-state index contributed by atoms with van der Waals surface area (Å²) in [5.74, 6) is 0.347. The fourth-order valence-corrected chi connectivity index (χ4v) is 2.88. The lowest BCUT2D eigenvalue weighted by molar-refractivity contribution is -0.143. The molecule has 27 heavy (non-hydrogen) atoms. The van der Waals surface area contributed by atoms with E-state index < -0.39 is 0 Å². The quantitative estimate of drug-likeness (QED) is 0.542. The maximum Gasteiger partial charge on any atom is 0.332 e. The van der Waals surface area contributed by atoms with E-state index in [2.05, 4.69) is 36.2 Å². The van der Waals surface area contributed by atoms with Gasteiger partial charge in [-0.1, -0.05) is 48.9 Å². The number of aryl methyl sites for hydroxylation is 1. The Labute approximate surface area is 157 Å². The molecule has 0 unspecified atom stereocenters. The Bertz CT molecular complexity index is 1110. The lowest BCUT2D eigenvalue weighted by Crippen LogP contribution is -2.17. The summed E-state index contributed by atoms with van der Waals surface area (Å²) in [4.78, 5) is 26.1. The molecule has 2 aromatic carbocycles. The van der Waals surface area contributed by atoms with Gasteiger partial charge in [-0.3, -0.25) is 0 Å². The zero-order valence-corrected chi connectivity index (χ0v) is 15.2. The highest BCUT2D eigenvalue weighted by Gasteiger charge is 2.10. The lowest BCUT2D eigenvalue weighted by Gasteiger charge is -2.07. The Morgan fingerprint density at radius 2 is 1.81 bits per heavy atom. The molecular formula is C22H19N3O2. The van der Waals surface area contributed by atoms with Crippen molar-refractivity contribution in [2.24, 2.45) is 0 Å². The second-order valence-corrected chi connectivity index (χ2v) is 6.36. The summed E-state index contributed by atoms with van der Waals surface area (Å²) in [6, 6.07) is 17.9. The molecule has 5 nitrogen and oxygen atoms in total. The van der Waals surface area contributed by atoms with Crippen molar-refractivity contribution in [2.45, 2.75) is 20.3 Å². The Kier molecular flexibility index (Phi) is 4.42. The predicted molar refractivity (Wildman–Crippen MR) is 105 cm³/mol. The first-order chi connectivity index (χ1) is 13.1. The van der Waals surface area contributed by atoms with Crippen molar-refractivity contribution in [1.82, 2.24) is 14.7 Å². The number of hydrogen-bond donors (Lipinski definition) is 0. The molecule has 0 saturated heterocycles. The van der Waals surface area contributed by atoms with Gasteiger partial charge in [0.25, 0.3) is 0 Å². The van der Waals surface area contributed by atoms with E-state index >= 15 is 0 Å². The third-order valence-electron chi connectivity index (χ3n) is 4.41. The first-order valence-electron chi connectivity index (χ1n) is 8.87. The van der Waals surface area contributed by atoms with E-state index in [1.54, 1.807) is 19.3 Å². The molecule has 0 aliphatic carbocycles. The largest absolute Gasteiger partial charge is 0.337 e. The number of nitrogens with zero attached hydrogens (tertiary/aromatic N) is 3. The smallest absolute Gasteiger partial charge is 0.332 e. The van der Waals surface area contributed by atoms with E-state index in [1.165, 1.54) is 10.3 Å². The summed E-state index contributed by atoms with van der Waals surface area (Å²) >= 11 is 0. The monoisotopic (exact) mass is 357 g/mol. The molecule has 5 heteroatoms. The van der Waals surface area contributed by atoms with Crippen LogP contribution in [0.2, 0.25) is 0 Å². The summed E-state index contributed by atoms with van der Waals surface area (Å²) in [6.45, 7) is 3.83. The number of carbonyl (C=O) groups is 1. The van der Waals surface area contributed by atoms with E-state index in [0.717, 1.165) is 27.7 Å². The van der Waals surface area contributed by atoms with Crippen molar-refractivity contribution in [2.75, 3.05) is 0 Å². The first kappa shape index (κ1) is 17.0. The Balaban J connectivity index is 1.73. The van der Waals surface area contributed by atoms with Crippen LogP contribution < -0.4 is 4.84 Å². The van der Waals surface area contributed by atoms with Crippen LogP contribution in [0.3, 0.4) is 0 Å². The third kappa shape index (κ3) is 3.44. The van der Waals surface area contributed by atoms with E-state index in [1.807, 2.05) is 30.3 Å². The molecule has 2 aromatic heterocycles. The molecule has 134 valence electrons. The van der Waals surface area contributed by atoms with Crippen LogP contribution in [0.15, 0.2) is 67.0 Å². The van der Waals surface area contributed by atoms with Crippen LogP contribution in [0.25, 0.3) is 33.5 Å². The molecule has 0 spiro atoms. The number of aromatic nitrogens is 3. The summed E-state index contributed by atoms with van der Waals surface area (Å²) in [7, 11) is 0. The average Bonchev–Trinajstić information content (AvgIpc) is 3.10. The van der Waals surface area contributed by atoms with Crippen molar-refractivity contribution >= 4 is 16.9 Å². The van der Waals surface area contributed by atoms with Gasteiger partial charge in [0, 0.05) is 35.3 Å². The standard InChI is InChI=1S/C22H19N3O2/c1-3-21(26)27-25-13-11-17-8-9-18(14-20(17)25)22-23-12-10-19(24-22)16-6-4-15(2)5-7-16/h4-14H,3H2,1-2H3. The van der Waals surface area contributed by atoms with Gasteiger partial charge in [0.05, 0.1) is 11.2 Å². The Morgan fingerprint density at radius 1 is 1.04 bits per heavy atom. The van der Waals surface area contributed by atoms with Gasteiger partial charge < -0.3 is 4.84 Å². The molecule has 0 saturated carbocycles. The molecule has 0 aliphatic heterocycles. The van der Waals surface area contributed by atoms with Gasteiger partial charge in [-0.25, -0.2) is 14.8 Å². The van der Waals surface area contributed by atoms with Gasteiger partial charge in [0.1, 0.15) is 0 Å². The zero-order valence-electron chi connectivity index (χ0n) is 15.2. The third-order valence-corrected chi connectivity index (χ3v) is 4.41. The highest BCUT2D eigenvalue weighted by atomic mass is 16.7.